The van der Waals surface area contributed by atoms with Crippen LogP contribution in [0.4, 0.5) is 5.69 Å². The fourth-order valence-corrected chi connectivity index (χ4v) is 3.56. The molecule has 0 spiro atoms. The van der Waals surface area contributed by atoms with Crippen LogP contribution in [0.3, 0.4) is 0 Å². The van der Waals surface area contributed by atoms with Crippen LogP contribution >= 0.6 is 0 Å². The van der Waals surface area contributed by atoms with Crippen molar-refractivity contribution in [3.63, 3.8) is 0 Å². The molecule has 1 N–H and O–H groups in total. The Balaban J connectivity index is 1.58. The van der Waals surface area contributed by atoms with Crippen LogP contribution in [0.25, 0.3) is 11.0 Å². The molecule has 0 saturated carbocycles. The summed E-state index contributed by atoms with van der Waals surface area (Å²) in [6.45, 7) is 6.50. The summed E-state index contributed by atoms with van der Waals surface area (Å²) in [6.07, 6.45) is 0. The van der Waals surface area contributed by atoms with Crippen molar-refractivity contribution in [1.29, 1.82) is 0 Å². The number of nitrogens with zero attached hydrogens (tertiary/aromatic N) is 2. The normalized spacial score (nSPS) is 10.9. The monoisotopic (exact) mass is 399 g/mol. The van der Waals surface area contributed by atoms with Gasteiger partial charge in [0.2, 0.25) is 5.91 Å². The Hall–Kier alpha value is -3.60. The molecule has 0 radical (unpaired) electrons. The SMILES string of the molecule is Cc1ccc(NC(=O)Cn2c(COc3ccccc3C)nc3ccccc32)c(C)c1. The molecule has 4 aromatic rings. The molecule has 5 nitrogen and oxygen atoms in total. The minimum atomic E-state index is -0.0951. The van der Waals surface area contributed by atoms with Crippen LogP contribution in [-0.4, -0.2) is 15.5 Å². The zero-order valence-corrected chi connectivity index (χ0v) is 17.5. The van der Waals surface area contributed by atoms with Crippen molar-refractivity contribution in [3.05, 3.63) is 89.2 Å². The number of carbonyl (C=O) groups is 1. The van der Waals surface area contributed by atoms with E-state index in [1.165, 1.54) is 5.56 Å². The van der Waals surface area contributed by atoms with Gasteiger partial charge in [-0.3, -0.25) is 4.79 Å². The summed E-state index contributed by atoms with van der Waals surface area (Å²) in [5.41, 5.74) is 5.86. The number of hydrogen-bond acceptors (Lipinski definition) is 3. The number of rotatable bonds is 6. The summed E-state index contributed by atoms with van der Waals surface area (Å²) < 4.78 is 7.93. The topological polar surface area (TPSA) is 56.2 Å². The molecule has 30 heavy (non-hydrogen) atoms. The molecule has 0 atom stereocenters. The quantitative estimate of drug-likeness (QED) is 0.486. The Bertz CT molecular complexity index is 1210. The zero-order valence-electron chi connectivity index (χ0n) is 17.5. The highest BCUT2D eigenvalue weighted by Gasteiger charge is 2.15. The molecule has 0 bridgehead atoms. The average molecular weight is 399 g/mol. The number of aryl methyl sites for hydroxylation is 3. The van der Waals surface area contributed by atoms with Crippen molar-refractivity contribution < 1.29 is 9.53 Å². The fraction of sp³-hybridized carbons (Fsp3) is 0.200. The number of hydrogen-bond donors (Lipinski definition) is 1. The number of imidazole rings is 1. The molecule has 1 heterocycles. The molecular weight excluding hydrogens is 374 g/mol. The molecule has 1 amide bonds. The molecule has 3 aromatic carbocycles. The first kappa shape index (κ1) is 19.7. The Morgan fingerprint density at radius 2 is 1.73 bits per heavy atom. The highest BCUT2D eigenvalue weighted by atomic mass is 16.5. The number of anilines is 1. The van der Waals surface area contributed by atoms with E-state index in [-0.39, 0.29) is 19.1 Å². The van der Waals surface area contributed by atoms with Gasteiger partial charge in [-0.25, -0.2) is 4.98 Å². The van der Waals surface area contributed by atoms with Crippen LogP contribution in [-0.2, 0) is 17.9 Å². The van der Waals surface area contributed by atoms with Gasteiger partial charge in [0.15, 0.2) is 0 Å². The fourth-order valence-electron chi connectivity index (χ4n) is 3.56. The summed E-state index contributed by atoms with van der Waals surface area (Å²) in [5.74, 6) is 1.44. The number of para-hydroxylation sites is 3. The Morgan fingerprint density at radius 3 is 2.53 bits per heavy atom. The maximum atomic E-state index is 12.8. The van der Waals surface area contributed by atoms with Gasteiger partial charge in [-0.05, 0) is 56.2 Å². The number of amides is 1. The predicted molar refractivity (Wildman–Crippen MR) is 120 cm³/mol. The lowest BCUT2D eigenvalue weighted by Gasteiger charge is -2.13. The number of ether oxygens (including phenoxy) is 1. The van der Waals surface area contributed by atoms with E-state index in [0.29, 0.717) is 0 Å². The van der Waals surface area contributed by atoms with Gasteiger partial charge >= 0.3 is 0 Å². The highest BCUT2D eigenvalue weighted by Crippen LogP contribution is 2.21. The lowest BCUT2D eigenvalue weighted by molar-refractivity contribution is -0.116. The lowest BCUT2D eigenvalue weighted by atomic mass is 10.1. The minimum Gasteiger partial charge on any atom is -0.485 e. The Labute approximate surface area is 176 Å². The summed E-state index contributed by atoms with van der Waals surface area (Å²) in [7, 11) is 0. The van der Waals surface area contributed by atoms with Crippen molar-refractivity contribution >= 4 is 22.6 Å². The molecule has 0 aliphatic heterocycles. The molecule has 0 aliphatic rings. The van der Waals surface area contributed by atoms with E-state index < -0.39 is 0 Å². The van der Waals surface area contributed by atoms with E-state index in [1.807, 2.05) is 86.0 Å². The van der Waals surface area contributed by atoms with E-state index in [9.17, 15) is 4.79 Å². The molecule has 4 rings (SSSR count). The number of nitrogens with one attached hydrogen (secondary N) is 1. The Kier molecular flexibility index (Phi) is 5.53. The van der Waals surface area contributed by atoms with Gasteiger partial charge in [0, 0.05) is 5.69 Å². The second kappa shape index (κ2) is 8.41. The lowest BCUT2D eigenvalue weighted by Crippen LogP contribution is -2.21. The number of benzene rings is 3. The van der Waals surface area contributed by atoms with Gasteiger partial charge in [0.1, 0.15) is 24.7 Å². The third-order valence-electron chi connectivity index (χ3n) is 5.14. The third kappa shape index (κ3) is 4.20. The van der Waals surface area contributed by atoms with Crippen LogP contribution in [0.15, 0.2) is 66.7 Å². The van der Waals surface area contributed by atoms with Gasteiger partial charge in [0.05, 0.1) is 11.0 Å². The Morgan fingerprint density at radius 1 is 0.967 bits per heavy atom. The average Bonchev–Trinajstić information content (AvgIpc) is 3.07. The van der Waals surface area contributed by atoms with E-state index in [0.717, 1.165) is 39.4 Å². The van der Waals surface area contributed by atoms with E-state index in [4.69, 9.17) is 9.72 Å². The highest BCUT2D eigenvalue weighted by molar-refractivity contribution is 5.92. The maximum Gasteiger partial charge on any atom is 0.244 e. The van der Waals surface area contributed by atoms with Crippen LogP contribution < -0.4 is 10.1 Å². The first-order valence-electron chi connectivity index (χ1n) is 10.0. The predicted octanol–water partition coefficient (Wildman–Crippen LogP) is 5.18. The molecule has 0 aliphatic carbocycles. The maximum absolute atomic E-state index is 12.8. The van der Waals surface area contributed by atoms with Gasteiger partial charge in [-0.2, -0.15) is 0 Å². The zero-order chi connectivity index (χ0) is 21.1. The van der Waals surface area contributed by atoms with Crippen LogP contribution in [0.5, 0.6) is 5.75 Å². The van der Waals surface area contributed by atoms with Gasteiger partial charge < -0.3 is 14.6 Å². The van der Waals surface area contributed by atoms with Gasteiger partial charge in [-0.15, -0.1) is 0 Å². The molecule has 152 valence electrons. The van der Waals surface area contributed by atoms with Crippen LogP contribution in [0.1, 0.15) is 22.5 Å². The smallest absolute Gasteiger partial charge is 0.244 e. The number of aromatic nitrogens is 2. The number of fused-ring (bicyclic) bond motifs is 1. The van der Waals surface area contributed by atoms with Crippen molar-refractivity contribution in [2.45, 2.75) is 33.9 Å². The summed E-state index contributed by atoms with van der Waals surface area (Å²) in [6, 6.07) is 21.7. The molecule has 5 heteroatoms. The second-order valence-electron chi connectivity index (χ2n) is 7.52. The van der Waals surface area contributed by atoms with Crippen molar-refractivity contribution in [1.82, 2.24) is 9.55 Å². The summed E-state index contributed by atoms with van der Waals surface area (Å²) >= 11 is 0. The minimum absolute atomic E-state index is 0.0951. The van der Waals surface area contributed by atoms with Gasteiger partial charge in [-0.1, -0.05) is 48.0 Å². The van der Waals surface area contributed by atoms with Crippen LogP contribution in [0.2, 0.25) is 0 Å². The first-order chi connectivity index (χ1) is 14.5. The van der Waals surface area contributed by atoms with E-state index in [2.05, 4.69) is 11.4 Å². The van der Waals surface area contributed by atoms with Crippen molar-refractivity contribution in [2.24, 2.45) is 0 Å². The molecule has 0 saturated heterocycles. The summed E-state index contributed by atoms with van der Waals surface area (Å²) in [4.78, 5) is 17.5. The largest absolute Gasteiger partial charge is 0.485 e. The van der Waals surface area contributed by atoms with Crippen molar-refractivity contribution in [2.75, 3.05) is 5.32 Å². The van der Waals surface area contributed by atoms with E-state index in [1.54, 1.807) is 0 Å². The molecule has 0 unspecified atom stereocenters. The van der Waals surface area contributed by atoms with Crippen molar-refractivity contribution in [3.8, 4) is 5.75 Å². The van der Waals surface area contributed by atoms with E-state index >= 15 is 0 Å². The molecule has 0 fully saturated rings. The van der Waals surface area contributed by atoms with Gasteiger partial charge in [0.25, 0.3) is 0 Å². The summed E-state index contributed by atoms with van der Waals surface area (Å²) in [5, 5.41) is 3.02. The first-order valence-corrected chi connectivity index (χ1v) is 10.0. The molecular formula is C25H25N3O2. The third-order valence-corrected chi connectivity index (χ3v) is 5.14. The van der Waals surface area contributed by atoms with Crippen LogP contribution in [0, 0.1) is 20.8 Å². The standard InChI is InChI=1S/C25H25N3O2/c1-17-12-13-20(19(3)14-17)27-25(29)15-28-22-10-6-5-9-21(22)26-24(28)16-30-23-11-7-4-8-18(23)2/h4-14H,15-16H2,1-3H3,(H,27,29). The number of carbonyl (C=O) groups excluding carboxylic acids is 1. The molecule has 1 aromatic heterocycles. The second-order valence-corrected chi connectivity index (χ2v) is 7.52.